The van der Waals surface area contributed by atoms with E-state index in [0.29, 0.717) is 10.9 Å². The predicted molar refractivity (Wildman–Crippen MR) is 113 cm³/mol. The highest BCUT2D eigenvalue weighted by Gasteiger charge is 2.39. The molecule has 2 aromatic heterocycles. The van der Waals surface area contributed by atoms with Crippen LogP contribution in [0.1, 0.15) is 18.7 Å². The zero-order valence-corrected chi connectivity index (χ0v) is 16.5. The van der Waals surface area contributed by atoms with Gasteiger partial charge in [-0.1, -0.05) is 61.2 Å². The Morgan fingerprint density at radius 3 is 2.72 bits per heavy atom. The van der Waals surface area contributed by atoms with Crippen LogP contribution in [0.3, 0.4) is 0 Å². The van der Waals surface area contributed by atoms with Gasteiger partial charge in [0.15, 0.2) is 0 Å². The van der Waals surface area contributed by atoms with Crippen LogP contribution in [0.25, 0.3) is 22.5 Å². The van der Waals surface area contributed by atoms with Gasteiger partial charge in [0.1, 0.15) is 0 Å². The van der Waals surface area contributed by atoms with Crippen molar-refractivity contribution in [2.45, 2.75) is 18.2 Å². The van der Waals surface area contributed by atoms with E-state index < -0.39 is 0 Å². The van der Waals surface area contributed by atoms with Crippen molar-refractivity contribution in [2.24, 2.45) is 0 Å². The molecule has 8 heteroatoms. The van der Waals surface area contributed by atoms with Crippen LogP contribution in [0.5, 0.6) is 0 Å². The van der Waals surface area contributed by atoms with Gasteiger partial charge < -0.3 is 5.32 Å². The summed E-state index contributed by atoms with van der Waals surface area (Å²) in [5, 5.41) is 16.3. The second-order valence-corrected chi connectivity index (χ2v) is 7.90. The third-order valence-electron chi connectivity index (χ3n) is 4.89. The Hall–Kier alpha value is -3.39. The van der Waals surface area contributed by atoms with Crippen LogP contribution in [0, 0.1) is 0 Å². The molecule has 1 aliphatic rings. The lowest BCUT2D eigenvalue weighted by Gasteiger charge is -2.22. The molecule has 1 aliphatic heterocycles. The normalized spacial score (nSPS) is 14.7. The van der Waals surface area contributed by atoms with Crippen LogP contribution in [-0.2, 0) is 0 Å². The molecular formula is C21H19N6OS+. The maximum atomic E-state index is 13.0. The molecule has 0 aliphatic carbocycles. The topological polar surface area (TPSA) is 90.3 Å². The number of thioether (sulfide) groups is 1. The van der Waals surface area contributed by atoms with E-state index in [1.165, 1.54) is 11.8 Å². The number of anilines is 1. The fourth-order valence-corrected chi connectivity index (χ4v) is 4.22. The van der Waals surface area contributed by atoms with Gasteiger partial charge in [0, 0.05) is 10.7 Å². The number of hydrogen-bond donors (Lipinski definition) is 3. The third-order valence-corrected chi connectivity index (χ3v) is 5.63. The lowest BCUT2D eigenvalue weighted by Crippen LogP contribution is -2.55. The van der Waals surface area contributed by atoms with Crippen LogP contribution < -0.4 is 15.6 Å². The lowest BCUT2D eigenvalue weighted by molar-refractivity contribution is -0.759. The van der Waals surface area contributed by atoms with Gasteiger partial charge in [0.2, 0.25) is 5.16 Å². The molecule has 0 fully saturated rings. The van der Waals surface area contributed by atoms with Gasteiger partial charge in [-0.3, -0.25) is 14.9 Å². The summed E-state index contributed by atoms with van der Waals surface area (Å²) < 4.78 is 1.77. The van der Waals surface area contributed by atoms with Crippen molar-refractivity contribution in [3.63, 3.8) is 0 Å². The van der Waals surface area contributed by atoms with Gasteiger partial charge in [0.25, 0.3) is 6.17 Å². The second kappa shape index (κ2) is 7.21. The van der Waals surface area contributed by atoms with E-state index in [1.54, 1.807) is 10.9 Å². The average molecular weight is 403 g/mol. The number of para-hydroxylation sites is 1. The molecule has 0 unspecified atom stereocenters. The molecule has 0 saturated carbocycles. The summed E-state index contributed by atoms with van der Waals surface area (Å²) in [5.74, 6) is 0.817. The Morgan fingerprint density at radius 2 is 1.90 bits per heavy atom. The highest BCUT2D eigenvalue weighted by molar-refractivity contribution is 7.99. The SMILES string of the molecule is CCSc1n[n+]2c(c(=O)[nH]1)-c1ccccc1N[C@H]2c1cn[nH]c1-c1ccccc1. The van der Waals surface area contributed by atoms with Crippen molar-refractivity contribution >= 4 is 17.4 Å². The summed E-state index contributed by atoms with van der Waals surface area (Å²) in [6.07, 6.45) is 1.42. The Kier molecular flexibility index (Phi) is 4.40. The van der Waals surface area contributed by atoms with Crippen LogP contribution >= 0.6 is 11.8 Å². The molecule has 7 nitrogen and oxygen atoms in total. The maximum absolute atomic E-state index is 13.0. The summed E-state index contributed by atoms with van der Waals surface area (Å²) in [6, 6.07) is 17.8. The van der Waals surface area contributed by atoms with E-state index in [1.807, 2.05) is 61.5 Å². The summed E-state index contributed by atoms with van der Waals surface area (Å²) in [4.78, 5) is 15.9. The third kappa shape index (κ3) is 3.01. The molecule has 2 aromatic carbocycles. The number of H-pyrrole nitrogens is 2. The Bertz CT molecular complexity index is 1230. The first-order chi connectivity index (χ1) is 14.3. The second-order valence-electron chi connectivity index (χ2n) is 6.64. The van der Waals surface area contributed by atoms with Crippen LogP contribution in [0.15, 0.2) is 70.7 Å². The molecule has 3 heterocycles. The van der Waals surface area contributed by atoms with E-state index in [2.05, 4.69) is 20.5 Å². The summed E-state index contributed by atoms with van der Waals surface area (Å²) in [5.41, 5.74) is 4.94. The number of aromatic nitrogens is 5. The average Bonchev–Trinajstić information content (AvgIpc) is 3.23. The molecule has 0 bridgehead atoms. The Morgan fingerprint density at radius 1 is 1.10 bits per heavy atom. The summed E-state index contributed by atoms with van der Waals surface area (Å²) in [6.45, 7) is 2.03. The zero-order valence-electron chi connectivity index (χ0n) is 15.7. The number of fused-ring (bicyclic) bond motifs is 3. The van der Waals surface area contributed by atoms with Gasteiger partial charge in [-0.25, -0.2) is 0 Å². The van der Waals surface area contributed by atoms with Crippen LogP contribution in [-0.4, -0.2) is 26.0 Å². The molecule has 1 atom stereocenters. The van der Waals surface area contributed by atoms with Crippen molar-refractivity contribution in [1.29, 1.82) is 0 Å². The van der Waals surface area contributed by atoms with Crippen LogP contribution in [0.4, 0.5) is 5.69 Å². The molecule has 0 spiro atoms. The van der Waals surface area contributed by atoms with Gasteiger partial charge in [-0.2, -0.15) is 5.10 Å². The number of hydrogen-bond acceptors (Lipinski definition) is 5. The predicted octanol–water partition coefficient (Wildman–Crippen LogP) is 3.20. The van der Waals surface area contributed by atoms with Crippen molar-refractivity contribution < 1.29 is 4.68 Å². The number of rotatable bonds is 4. The molecule has 3 N–H and O–H groups in total. The molecule has 0 saturated heterocycles. The Balaban J connectivity index is 1.73. The quantitative estimate of drug-likeness (QED) is 0.360. The van der Waals surface area contributed by atoms with Crippen molar-refractivity contribution in [2.75, 3.05) is 11.1 Å². The molecule has 0 amide bonds. The van der Waals surface area contributed by atoms with Gasteiger partial charge in [0.05, 0.1) is 28.7 Å². The van der Waals surface area contributed by atoms with Crippen molar-refractivity contribution in [3.8, 4) is 22.5 Å². The highest BCUT2D eigenvalue weighted by Crippen LogP contribution is 2.34. The minimum absolute atomic E-state index is 0.153. The van der Waals surface area contributed by atoms with Gasteiger partial charge >= 0.3 is 11.3 Å². The van der Waals surface area contributed by atoms with E-state index in [-0.39, 0.29) is 11.7 Å². The highest BCUT2D eigenvalue weighted by atomic mass is 32.2. The minimum atomic E-state index is -0.368. The maximum Gasteiger partial charge on any atom is 0.325 e. The van der Waals surface area contributed by atoms with Gasteiger partial charge in [-0.05, 0) is 22.6 Å². The number of benzene rings is 2. The first-order valence-electron chi connectivity index (χ1n) is 9.40. The smallest absolute Gasteiger partial charge is 0.321 e. The van der Waals surface area contributed by atoms with Crippen molar-refractivity contribution in [3.05, 3.63) is 76.7 Å². The number of nitrogens with one attached hydrogen (secondary N) is 3. The zero-order chi connectivity index (χ0) is 19.8. The van der Waals surface area contributed by atoms with E-state index in [4.69, 9.17) is 5.10 Å². The van der Waals surface area contributed by atoms with E-state index in [0.717, 1.165) is 33.8 Å². The lowest BCUT2D eigenvalue weighted by atomic mass is 10.0. The number of nitrogens with zero attached hydrogens (tertiary/aromatic N) is 3. The fourth-order valence-electron chi connectivity index (χ4n) is 3.64. The first kappa shape index (κ1) is 17.7. The monoisotopic (exact) mass is 403 g/mol. The van der Waals surface area contributed by atoms with E-state index >= 15 is 0 Å². The molecule has 29 heavy (non-hydrogen) atoms. The first-order valence-corrected chi connectivity index (χ1v) is 10.4. The van der Waals surface area contributed by atoms with Crippen LogP contribution in [0.2, 0.25) is 0 Å². The molecule has 5 rings (SSSR count). The molecular weight excluding hydrogens is 384 g/mol. The number of aromatic amines is 2. The van der Waals surface area contributed by atoms with Gasteiger partial charge in [-0.15, -0.1) is 0 Å². The standard InChI is InChI=1S/C21H18N6OS/c1-2-29-21-24-20(28)18-14-10-6-7-11-16(14)23-19(27(18)26-21)15-12-22-25-17(15)13-8-4-3-5-9-13/h3-12,19H,2H2,1H3,(H2,22,24,25,26,28)/p+1/t19-/m1/s1. The Labute approximate surface area is 171 Å². The minimum Gasteiger partial charge on any atom is -0.321 e. The largest absolute Gasteiger partial charge is 0.325 e. The summed E-state index contributed by atoms with van der Waals surface area (Å²) in [7, 11) is 0. The molecule has 4 aromatic rings. The van der Waals surface area contributed by atoms with E-state index in [9.17, 15) is 4.79 Å². The van der Waals surface area contributed by atoms with Crippen molar-refractivity contribution in [1.82, 2.24) is 20.3 Å². The molecule has 0 radical (unpaired) electrons. The summed E-state index contributed by atoms with van der Waals surface area (Å²) >= 11 is 1.50. The molecule has 144 valence electrons. The fraction of sp³-hybridized carbons (Fsp3) is 0.143.